The Morgan fingerprint density at radius 3 is 2.24 bits per heavy atom. The average Bonchev–Trinajstić information content (AvgIpc) is 2.58. The smallest absolute Gasteiger partial charge is 0.261 e. The summed E-state index contributed by atoms with van der Waals surface area (Å²) in [5, 5.41) is -0.275. The molecule has 0 unspecified atom stereocenters. The molecular weight excluding hydrogens is 367 g/mol. The number of hydrogen-bond acceptors (Lipinski definition) is 3. The van der Waals surface area contributed by atoms with Gasteiger partial charge in [0.15, 0.2) is 0 Å². The molecule has 0 heterocycles. The predicted molar refractivity (Wildman–Crippen MR) is 95.9 cm³/mol. The van der Waals surface area contributed by atoms with Gasteiger partial charge in [0.2, 0.25) is 0 Å². The number of anilines is 1. The SMILES string of the molecule is CCN(CC)C(=O)c1ccc(NS(=O)(=O)c2ccc(F)c(Cl)c2)cc1. The third-order valence-corrected chi connectivity index (χ3v) is 5.30. The molecule has 0 radical (unpaired) electrons. The van der Waals surface area contributed by atoms with Crippen LogP contribution in [0.25, 0.3) is 0 Å². The van der Waals surface area contributed by atoms with Gasteiger partial charge in [-0.1, -0.05) is 11.6 Å². The molecule has 5 nitrogen and oxygen atoms in total. The van der Waals surface area contributed by atoms with E-state index in [-0.39, 0.29) is 21.5 Å². The lowest BCUT2D eigenvalue weighted by Crippen LogP contribution is -2.30. The van der Waals surface area contributed by atoms with E-state index in [1.807, 2.05) is 13.8 Å². The molecule has 1 amide bonds. The third kappa shape index (κ3) is 4.49. The van der Waals surface area contributed by atoms with Crippen LogP contribution in [0, 0.1) is 5.82 Å². The number of nitrogens with zero attached hydrogens (tertiary/aromatic N) is 1. The van der Waals surface area contributed by atoms with Crippen molar-refractivity contribution < 1.29 is 17.6 Å². The first kappa shape index (κ1) is 19.2. The fourth-order valence-electron chi connectivity index (χ4n) is 2.23. The second-order valence-electron chi connectivity index (χ2n) is 5.24. The Morgan fingerprint density at radius 1 is 1.12 bits per heavy atom. The van der Waals surface area contributed by atoms with Crippen LogP contribution in [0.5, 0.6) is 0 Å². The number of benzene rings is 2. The van der Waals surface area contributed by atoms with Crippen LogP contribution in [0.3, 0.4) is 0 Å². The Bertz CT molecular complexity index is 866. The number of hydrogen-bond donors (Lipinski definition) is 1. The number of carbonyl (C=O) groups is 1. The van der Waals surface area contributed by atoms with Gasteiger partial charge in [0.1, 0.15) is 5.82 Å². The summed E-state index contributed by atoms with van der Waals surface area (Å²) in [6.45, 7) is 4.96. The van der Waals surface area contributed by atoms with Gasteiger partial charge in [0.25, 0.3) is 15.9 Å². The van der Waals surface area contributed by atoms with Crippen molar-refractivity contribution in [3.63, 3.8) is 0 Å². The molecule has 0 saturated carbocycles. The molecule has 0 saturated heterocycles. The first-order valence-electron chi connectivity index (χ1n) is 7.65. The topological polar surface area (TPSA) is 66.5 Å². The summed E-state index contributed by atoms with van der Waals surface area (Å²) in [5.41, 5.74) is 0.757. The Morgan fingerprint density at radius 2 is 1.72 bits per heavy atom. The minimum Gasteiger partial charge on any atom is -0.339 e. The fourth-order valence-corrected chi connectivity index (χ4v) is 3.56. The monoisotopic (exact) mass is 384 g/mol. The van der Waals surface area contributed by atoms with Crippen LogP contribution in [0.15, 0.2) is 47.4 Å². The Hall–Kier alpha value is -2.12. The molecule has 2 aromatic rings. The highest BCUT2D eigenvalue weighted by molar-refractivity contribution is 7.92. The van der Waals surface area contributed by atoms with E-state index in [9.17, 15) is 17.6 Å². The summed E-state index contributed by atoms with van der Waals surface area (Å²) in [4.78, 5) is 13.7. The minimum atomic E-state index is -3.91. The molecule has 0 aliphatic rings. The van der Waals surface area contributed by atoms with Gasteiger partial charge in [-0.05, 0) is 56.3 Å². The van der Waals surface area contributed by atoms with Crippen molar-refractivity contribution in [1.82, 2.24) is 4.90 Å². The standard InChI is InChI=1S/C17H18ClFN2O3S/c1-3-21(4-2)17(22)12-5-7-13(8-6-12)20-25(23,24)14-9-10-16(19)15(18)11-14/h5-11,20H,3-4H2,1-2H3. The van der Waals surface area contributed by atoms with E-state index in [0.717, 1.165) is 18.2 Å². The normalized spacial score (nSPS) is 11.2. The second kappa shape index (κ2) is 7.84. The van der Waals surface area contributed by atoms with Crippen LogP contribution < -0.4 is 4.72 Å². The molecule has 2 rings (SSSR count). The van der Waals surface area contributed by atoms with Gasteiger partial charge < -0.3 is 4.90 Å². The van der Waals surface area contributed by atoms with E-state index < -0.39 is 15.8 Å². The largest absolute Gasteiger partial charge is 0.339 e. The Balaban J connectivity index is 2.20. The van der Waals surface area contributed by atoms with E-state index in [1.165, 1.54) is 12.1 Å². The molecule has 0 aliphatic heterocycles. The van der Waals surface area contributed by atoms with Gasteiger partial charge in [-0.25, -0.2) is 12.8 Å². The average molecular weight is 385 g/mol. The van der Waals surface area contributed by atoms with E-state index >= 15 is 0 Å². The number of carbonyl (C=O) groups excluding carboxylic acids is 1. The summed E-state index contributed by atoms with van der Waals surface area (Å²) >= 11 is 5.63. The zero-order chi connectivity index (χ0) is 18.6. The van der Waals surface area contributed by atoms with Gasteiger partial charge >= 0.3 is 0 Å². The Labute approximate surface area is 151 Å². The predicted octanol–water partition coefficient (Wildman–Crippen LogP) is 3.76. The quantitative estimate of drug-likeness (QED) is 0.824. The number of rotatable bonds is 6. The number of sulfonamides is 1. The van der Waals surface area contributed by atoms with Crippen LogP contribution in [-0.4, -0.2) is 32.3 Å². The molecule has 25 heavy (non-hydrogen) atoms. The molecule has 0 spiro atoms. The highest BCUT2D eigenvalue weighted by Crippen LogP contribution is 2.22. The maximum absolute atomic E-state index is 13.2. The molecule has 0 fully saturated rings. The van der Waals surface area contributed by atoms with Crippen LogP contribution in [0.1, 0.15) is 24.2 Å². The van der Waals surface area contributed by atoms with Crippen molar-refractivity contribution >= 4 is 33.2 Å². The van der Waals surface area contributed by atoms with Crippen molar-refractivity contribution in [2.24, 2.45) is 0 Å². The summed E-state index contributed by atoms with van der Waals surface area (Å²) in [6.07, 6.45) is 0. The van der Waals surface area contributed by atoms with Crippen molar-refractivity contribution in [2.45, 2.75) is 18.7 Å². The van der Waals surface area contributed by atoms with Crippen LogP contribution >= 0.6 is 11.6 Å². The lowest BCUT2D eigenvalue weighted by atomic mass is 10.2. The van der Waals surface area contributed by atoms with Gasteiger partial charge in [-0.15, -0.1) is 0 Å². The maximum Gasteiger partial charge on any atom is 0.261 e. The maximum atomic E-state index is 13.2. The molecule has 1 N–H and O–H groups in total. The van der Waals surface area contributed by atoms with Gasteiger partial charge in [0, 0.05) is 24.3 Å². The zero-order valence-electron chi connectivity index (χ0n) is 13.8. The zero-order valence-corrected chi connectivity index (χ0v) is 15.4. The molecule has 134 valence electrons. The first-order valence-corrected chi connectivity index (χ1v) is 9.51. The summed E-state index contributed by atoms with van der Waals surface area (Å²) in [5.74, 6) is -0.815. The van der Waals surface area contributed by atoms with E-state index in [4.69, 9.17) is 11.6 Å². The second-order valence-corrected chi connectivity index (χ2v) is 7.33. The van der Waals surface area contributed by atoms with E-state index in [0.29, 0.717) is 18.7 Å². The lowest BCUT2D eigenvalue weighted by molar-refractivity contribution is 0.0773. The number of nitrogens with one attached hydrogen (secondary N) is 1. The summed E-state index contributed by atoms with van der Waals surface area (Å²) in [6, 6.07) is 9.26. The Kier molecular flexibility index (Phi) is 6.02. The van der Waals surface area contributed by atoms with Gasteiger partial charge in [-0.2, -0.15) is 0 Å². The molecular formula is C17H18ClFN2O3S. The van der Waals surface area contributed by atoms with E-state index in [1.54, 1.807) is 17.0 Å². The molecule has 8 heteroatoms. The number of amides is 1. The van der Waals surface area contributed by atoms with Crippen LogP contribution in [0.4, 0.5) is 10.1 Å². The molecule has 0 atom stereocenters. The van der Waals surface area contributed by atoms with Gasteiger partial charge in [-0.3, -0.25) is 9.52 Å². The molecule has 0 aromatic heterocycles. The molecule has 0 bridgehead atoms. The summed E-state index contributed by atoms with van der Waals surface area (Å²) < 4.78 is 40.2. The highest BCUT2D eigenvalue weighted by Gasteiger charge is 2.17. The van der Waals surface area contributed by atoms with E-state index in [2.05, 4.69) is 4.72 Å². The van der Waals surface area contributed by atoms with Crippen molar-refractivity contribution in [1.29, 1.82) is 0 Å². The minimum absolute atomic E-state index is 0.121. The van der Waals surface area contributed by atoms with Crippen molar-refractivity contribution in [3.05, 3.63) is 58.9 Å². The highest BCUT2D eigenvalue weighted by atomic mass is 35.5. The lowest BCUT2D eigenvalue weighted by Gasteiger charge is -2.18. The number of halogens is 2. The molecule has 2 aromatic carbocycles. The van der Waals surface area contributed by atoms with Gasteiger partial charge in [0.05, 0.1) is 9.92 Å². The third-order valence-electron chi connectivity index (χ3n) is 3.64. The van der Waals surface area contributed by atoms with Crippen molar-refractivity contribution in [3.8, 4) is 0 Å². The fraction of sp³-hybridized carbons (Fsp3) is 0.235. The first-order chi connectivity index (χ1) is 11.8. The van der Waals surface area contributed by atoms with Crippen LogP contribution in [-0.2, 0) is 10.0 Å². The molecule has 0 aliphatic carbocycles. The van der Waals surface area contributed by atoms with Crippen molar-refractivity contribution in [2.75, 3.05) is 17.8 Å². The summed E-state index contributed by atoms with van der Waals surface area (Å²) in [7, 11) is -3.91. The van der Waals surface area contributed by atoms with Crippen LogP contribution in [0.2, 0.25) is 5.02 Å².